The summed E-state index contributed by atoms with van der Waals surface area (Å²) in [5.41, 5.74) is 0. The Hall–Kier alpha value is -1.38. The SMILES string of the molecule is C=CCON1C(=O)N2C[C@H]1[C@@H](CC(C)(C)[Si](C)(C)O)C[C@H]2C(=O)OC. The second-order valence-electron chi connectivity index (χ2n) is 8.09. The van der Waals surface area contributed by atoms with Crippen molar-refractivity contribution in [2.45, 2.75) is 56.9 Å². The quantitative estimate of drug-likeness (QED) is 0.422. The Kier molecular flexibility index (Phi) is 5.65. The monoisotopic (exact) mass is 370 g/mol. The number of hydroxylamine groups is 2. The Labute approximate surface area is 150 Å². The molecule has 0 saturated carbocycles. The predicted octanol–water partition coefficient (Wildman–Crippen LogP) is 2.14. The minimum atomic E-state index is -2.41. The van der Waals surface area contributed by atoms with Gasteiger partial charge in [0, 0.05) is 6.54 Å². The third-order valence-corrected chi connectivity index (χ3v) is 9.32. The van der Waals surface area contributed by atoms with Crippen molar-refractivity contribution in [3.05, 3.63) is 12.7 Å². The van der Waals surface area contributed by atoms with Crippen LogP contribution in [0.5, 0.6) is 0 Å². The van der Waals surface area contributed by atoms with Crippen molar-refractivity contribution in [2.24, 2.45) is 5.92 Å². The van der Waals surface area contributed by atoms with Crippen LogP contribution in [0.2, 0.25) is 18.1 Å². The molecule has 0 aromatic heterocycles. The molecule has 25 heavy (non-hydrogen) atoms. The summed E-state index contributed by atoms with van der Waals surface area (Å²) in [6.07, 6.45) is 2.83. The molecule has 0 radical (unpaired) electrons. The van der Waals surface area contributed by atoms with Gasteiger partial charge in [0.1, 0.15) is 6.04 Å². The minimum Gasteiger partial charge on any atom is -0.467 e. The zero-order valence-corrected chi connectivity index (χ0v) is 16.8. The second kappa shape index (κ2) is 7.09. The van der Waals surface area contributed by atoms with Crippen LogP contribution in [0, 0.1) is 5.92 Å². The van der Waals surface area contributed by atoms with Crippen molar-refractivity contribution in [1.29, 1.82) is 0 Å². The Bertz CT molecular complexity index is 546. The molecule has 2 amide bonds. The number of urea groups is 1. The van der Waals surface area contributed by atoms with Crippen LogP contribution in [-0.2, 0) is 14.4 Å². The summed E-state index contributed by atoms with van der Waals surface area (Å²) in [6.45, 7) is 12.3. The number of amides is 2. The largest absolute Gasteiger partial charge is 0.467 e. The molecule has 0 spiro atoms. The lowest BCUT2D eigenvalue weighted by Crippen LogP contribution is -2.50. The molecule has 1 N–H and O–H groups in total. The smallest absolute Gasteiger partial charge is 0.345 e. The summed E-state index contributed by atoms with van der Waals surface area (Å²) in [4.78, 5) is 42.6. The number of carbonyl (C=O) groups excluding carboxylic acids is 2. The lowest BCUT2D eigenvalue weighted by atomic mass is 9.82. The fourth-order valence-electron chi connectivity index (χ4n) is 3.56. The van der Waals surface area contributed by atoms with Crippen molar-refractivity contribution in [1.82, 2.24) is 9.96 Å². The predicted molar refractivity (Wildman–Crippen MR) is 96.1 cm³/mol. The fraction of sp³-hybridized carbons (Fsp3) is 0.765. The van der Waals surface area contributed by atoms with Gasteiger partial charge in [-0.15, -0.1) is 6.58 Å². The van der Waals surface area contributed by atoms with E-state index in [1.165, 1.54) is 17.1 Å². The van der Waals surface area contributed by atoms with Crippen LogP contribution in [0.4, 0.5) is 4.79 Å². The van der Waals surface area contributed by atoms with Gasteiger partial charge in [0.15, 0.2) is 8.32 Å². The topological polar surface area (TPSA) is 79.3 Å². The number of esters is 1. The summed E-state index contributed by atoms with van der Waals surface area (Å²) in [5, 5.41) is 1.13. The Morgan fingerprint density at radius 1 is 1.48 bits per heavy atom. The molecule has 0 aliphatic carbocycles. The summed E-state index contributed by atoms with van der Waals surface area (Å²) in [7, 11) is -1.07. The molecule has 7 nitrogen and oxygen atoms in total. The lowest BCUT2D eigenvalue weighted by molar-refractivity contribution is -0.148. The van der Waals surface area contributed by atoms with E-state index in [1.807, 2.05) is 13.1 Å². The number of hydrogen-bond acceptors (Lipinski definition) is 5. The standard InChI is InChI=1S/C17H30N2O5Si/c1-7-8-24-19-14-11-18(16(19)21)13(15(20)23-4)9-12(14)10-17(2,3)25(5,6)22/h7,12-14,22H,1,8-11H2,2-6H3/t12-,13+,14+/m1/s1. The van der Waals surface area contributed by atoms with Crippen LogP contribution in [-0.4, -0.2) is 67.4 Å². The maximum absolute atomic E-state index is 12.7. The Morgan fingerprint density at radius 2 is 2.12 bits per heavy atom. The average molecular weight is 371 g/mol. The van der Waals surface area contributed by atoms with Crippen LogP contribution in [0.1, 0.15) is 26.7 Å². The van der Waals surface area contributed by atoms with Crippen LogP contribution in [0.3, 0.4) is 0 Å². The van der Waals surface area contributed by atoms with Gasteiger partial charge >= 0.3 is 12.0 Å². The van der Waals surface area contributed by atoms with Gasteiger partial charge in [0.2, 0.25) is 0 Å². The molecule has 0 unspecified atom stereocenters. The van der Waals surface area contributed by atoms with E-state index in [1.54, 1.807) is 6.08 Å². The highest BCUT2D eigenvalue weighted by atomic mass is 28.4. The molecule has 0 aromatic carbocycles. The van der Waals surface area contributed by atoms with Crippen LogP contribution >= 0.6 is 0 Å². The first-order chi connectivity index (χ1) is 11.5. The molecule has 3 atom stereocenters. The highest BCUT2D eigenvalue weighted by Gasteiger charge is 2.54. The Morgan fingerprint density at radius 3 is 2.64 bits per heavy atom. The first kappa shape index (κ1) is 19.9. The van der Waals surface area contributed by atoms with Crippen molar-refractivity contribution < 1.29 is 24.0 Å². The number of nitrogens with zero attached hydrogens (tertiary/aromatic N) is 2. The zero-order valence-electron chi connectivity index (χ0n) is 15.8. The third-order valence-electron chi connectivity index (χ3n) is 5.80. The molecular formula is C17H30N2O5Si. The van der Waals surface area contributed by atoms with Crippen LogP contribution in [0.15, 0.2) is 12.7 Å². The van der Waals surface area contributed by atoms with Crippen molar-refractivity contribution >= 4 is 20.3 Å². The summed E-state index contributed by atoms with van der Waals surface area (Å²) in [5.74, 6) is -0.355. The zero-order chi connectivity index (χ0) is 19.0. The van der Waals surface area contributed by atoms with Gasteiger partial charge < -0.3 is 14.4 Å². The van der Waals surface area contributed by atoms with Gasteiger partial charge in [-0.05, 0) is 36.9 Å². The number of ether oxygens (including phenoxy) is 1. The lowest BCUT2D eigenvalue weighted by Gasteiger charge is -2.42. The van der Waals surface area contributed by atoms with Gasteiger partial charge in [-0.2, -0.15) is 5.06 Å². The summed E-state index contributed by atoms with van der Waals surface area (Å²) >= 11 is 0. The number of carbonyl (C=O) groups is 2. The maximum atomic E-state index is 12.7. The first-order valence-corrected chi connectivity index (χ1v) is 11.6. The minimum absolute atomic E-state index is 0.0468. The number of fused-ring (bicyclic) bond motifs is 2. The van der Waals surface area contributed by atoms with Crippen LogP contribution < -0.4 is 0 Å². The average Bonchev–Trinajstić information content (AvgIpc) is 2.79. The second-order valence-corrected chi connectivity index (χ2v) is 12.6. The maximum Gasteiger partial charge on any atom is 0.345 e. The van der Waals surface area contributed by atoms with Gasteiger partial charge in [-0.1, -0.05) is 19.9 Å². The normalized spacial score (nSPS) is 26.8. The Balaban J connectivity index is 2.29. The molecule has 0 aromatic rings. The molecular weight excluding hydrogens is 340 g/mol. The molecule has 2 heterocycles. The summed E-state index contributed by atoms with van der Waals surface area (Å²) < 4.78 is 4.90. The number of hydrogen-bond donors (Lipinski definition) is 1. The van der Waals surface area contributed by atoms with E-state index in [0.717, 1.165) is 6.42 Å². The third kappa shape index (κ3) is 3.75. The van der Waals surface area contributed by atoms with Gasteiger partial charge in [0.25, 0.3) is 0 Å². The van der Waals surface area contributed by atoms with E-state index < -0.39 is 20.3 Å². The molecule has 2 fully saturated rings. The van der Waals surface area contributed by atoms with Gasteiger partial charge in [-0.25, -0.2) is 9.59 Å². The molecule has 2 bridgehead atoms. The molecule has 2 rings (SSSR count). The van der Waals surface area contributed by atoms with Crippen molar-refractivity contribution in [2.75, 3.05) is 20.3 Å². The molecule has 2 aliphatic rings. The van der Waals surface area contributed by atoms with Crippen LogP contribution in [0.25, 0.3) is 0 Å². The highest BCUT2D eigenvalue weighted by Crippen LogP contribution is 2.47. The van der Waals surface area contributed by atoms with E-state index >= 15 is 0 Å². The summed E-state index contributed by atoms with van der Waals surface area (Å²) in [6, 6.07) is -1.04. The number of piperidine rings is 1. The fourth-order valence-corrected chi connectivity index (χ4v) is 4.32. The number of rotatable bonds is 7. The molecule has 8 heteroatoms. The van der Waals surface area contributed by atoms with E-state index in [4.69, 9.17) is 9.57 Å². The first-order valence-electron chi connectivity index (χ1n) is 8.67. The van der Waals surface area contributed by atoms with E-state index in [2.05, 4.69) is 20.4 Å². The molecule has 142 valence electrons. The molecule has 2 saturated heterocycles. The van der Waals surface area contributed by atoms with E-state index in [9.17, 15) is 14.4 Å². The van der Waals surface area contributed by atoms with E-state index in [0.29, 0.717) is 13.0 Å². The highest BCUT2D eigenvalue weighted by molar-refractivity contribution is 6.72. The van der Waals surface area contributed by atoms with Gasteiger partial charge in [-0.3, -0.25) is 4.84 Å². The number of methoxy groups -OCH3 is 1. The molecule has 2 aliphatic heterocycles. The van der Waals surface area contributed by atoms with Crippen molar-refractivity contribution in [3.8, 4) is 0 Å². The van der Waals surface area contributed by atoms with Crippen molar-refractivity contribution in [3.63, 3.8) is 0 Å². The van der Waals surface area contributed by atoms with E-state index in [-0.39, 0.29) is 29.6 Å². The van der Waals surface area contributed by atoms with Gasteiger partial charge in [0.05, 0.1) is 19.8 Å².